The van der Waals surface area contributed by atoms with E-state index in [-0.39, 0.29) is 17.8 Å². The molecular weight excluding hydrogens is 368 g/mol. The lowest BCUT2D eigenvalue weighted by Crippen LogP contribution is -2.36. The lowest BCUT2D eigenvalue weighted by atomic mass is 9.95. The Morgan fingerprint density at radius 2 is 2.00 bits per heavy atom. The molecule has 0 unspecified atom stereocenters. The van der Waals surface area contributed by atoms with Crippen LogP contribution in [0.5, 0.6) is 5.75 Å². The first kappa shape index (κ1) is 18.7. The van der Waals surface area contributed by atoms with Gasteiger partial charge in [-0.25, -0.2) is 0 Å². The van der Waals surface area contributed by atoms with Crippen molar-refractivity contribution in [2.75, 3.05) is 6.54 Å². The standard InChI is InChI=1S/C23H20N2O4/c1-15(26)20-6-2-3-7-21(20)16-8-9-22-18(11-16)12-19(29-22)13-24-23(27)17-5-4-10-25(28)14-17/h2-11,14,19H,12-13H2,1H3,(H,24,27)/t19-/m0/s1. The minimum Gasteiger partial charge on any atom is -0.619 e. The number of ether oxygens (including phenoxy) is 1. The number of amides is 1. The van der Waals surface area contributed by atoms with Gasteiger partial charge in [0, 0.05) is 18.1 Å². The van der Waals surface area contributed by atoms with E-state index in [1.54, 1.807) is 13.0 Å². The summed E-state index contributed by atoms with van der Waals surface area (Å²) >= 11 is 0. The van der Waals surface area contributed by atoms with E-state index in [4.69, 9.17) is 4.74 Å². The van der Waals surface area contributed by atoms with Crippen molar-refractivity contribution in [3.63, 3.8) is 0 Å². The number of nitrogens with one attached hydrogen (secondary N) is 1. The molecule has 1 aliphatic heterocycles. The zero-order valence-electron chi connectivity index (χ0n) is 15.9. The Morgan fingerprint density at radius 3 is 2.79 bits per heavy atom. The van der Waals surface area contributed by atoms with Crippen molar-refractivity contribution in [3.8, 4) is 16.9 Å². The van der Waals surface area contributed by atoms with Gasteiger partial charge in [-0.2, -0.15) is 4.73 Å². The van der Waals surface area contributed by atoms with Gasteiger partial charge >= 0.3 is 0 Å². The predicted molar refractivity (Wildman–Crippen MR) is 108 cm³/mol. The van der Waals surface area contributed by atoms with E-state index in [0.29, 0.717) is 28.8 Å². The van der Waals surface area contributed by atoms with E-state index in [2.05, 4.69) is 5.32 Å². The van der Waals surface area contributed by atoms with E-state index in [9.17, 15) is 14.8 Å². The highest BCUT2D eigenvalue weighted by Gasteiger charge is 2.24. The number of ketones is 1. The minimum atomic E-state index is -0.314. The number of nitrogens with zero attached hydrogens (tertiary/aromatic N) is 1. The largest absolute Gasteiger partial charge is 0.619 e. The highest BCUT2D eigenvalue weighted by Crippen LogP contribution is 2.34. The van der Waals surface area contributed by atoms with Crippen LogP contribution in [-0.2, 0) is 6.42 Å². The van der Waals surface area contributed by atoms with Gasteiger partial charge in [-0.15, -0.1) is 0 Å². The number of hydrogen-bond donors (Lipinski definition) is 1. The average molecular weight is 388 g/mol. The molecule has 0 radical (unpaired) electrons. The summed E-state index contributed by atoms with van der Waals surface area (Å²) in [5, 5.41) is 14.1. The molecule has 1 aliphatic rings. The third-order valence-corrected chi connectivity index (χ3v) is 4.95. The van der Waals surface area contributed by atoms with Gasteiger partial charge in [-0.3, -0.25) is 9.59 Å². The van der Waals surface area contributed by atoms with Crippen molar-refractivity contribution in [2.24, 2.45) is 0 Å². The summed E-state index contributed by atoms with van der Waals surface area (Å²) in [4.78, 5) is 24.1. The van der Waals surface area contributed by atoms with Crippen LogP contribution >= 0.6 is 0 Å². The molecule has 2 aromatic carbocycles. The fourth-order valence-corrected chi connectivity index (χ4v) is 3.54. The Balaban J connectivity index is 1.45. The second-order valence-corrected chi connectivity index (χ2v) is 7.03. The van der Waals surface area contributed by atoms with Gasteiger partial charge in [-0.05, 0) is 41.8 Å². The smallest absolute Gasteiger partial charge is 0.257 e. The van der Waals surface area contributed by atoms with Crippen molar-refractivity contribution < 1.29 is 19.1 Å². The summed E-state index contributed by atoms with van der Waals surface area (Å²) in [6, 6.07) is 16.5. The van der Waals surface area contributed by atoms with E-state index in [1.165, 1.54) is 18.5 Å². The predicted octanol–water partition coefficient (Wildman–Crippen LogP) is 2.92. The third kappa shape index (κ3) is 3.96. The maximum Gasteiger partial charge on any atom is 0.257 e. The topological polar surface area (TPSA) is 82.3 Å². The molecule has 0 aliphatic carbocycles. The Bertz CT molecular complexity index is 1090. The van der Waals surface area contributed by atoms with E-state index < -0.39 is 0 Å². The van der Waals surface area contributed by atoms with Gasteiger partial charge < -0.3 is 15.3 Å². The van der Waals surface area contributed by atoms with Gasteiger partial charge in [0.25, 0.3) is 5.91 Å². The summed E-state index contributed by atoms with van der Waals surface area (Å²) in [5.41, 5.74) is 3.90. The molecule has 0 saturated heterocycles. The number of fused-ring (bicyclic) bond motifs is 1. The Labute approximate surface area is 168 Å². The quantitative estimate of drug-likeness (QED) is 0.414. The number of rotatable bonds is 5. The molecule has 0 saturated carbocycles. The molecule has 4 rings (SSSR count). The van der Waals surface area contributed by atoms with Crippen LogP contribution in [-0.4, -0.2) is 24.3 Å². The van der Waals surface area contributed by atoms with Gasteiger partial charge in [0.05, 0.1) is 6.54 Å². The van der Waals surface area contributed by atoms with Crippen LogP contribution in [0.25, 0.3) is 11.1 Å². The lowest BCUT2D eigenvalue weighted by molar-refractivity contribution is -0.605. The summed E-state index contributed by atoms with van der Waals surface area (Å²) < 4.78 is 6.53. The maximum atomic E-state index is 12.2. The van der Waals surface area contributed by atoms with Gasteiger partial charge in [-0.1, -0.05) is 30.3 Å². The van der Waals surface area contributed by atoms with Crippen molar-refractivity contribution in [3.05, 3.63) is 88.9 Å². The van der Waals surface area contributed by atoms with Gasteiger partial charge in [0.1, 0.15) is 17.4 Å². The summed E-state index contributed by atoms with van der Waals surface area (Å²) in [5.74, 6) is 0.495. The number of hydrogen-bond acceptors (Lipinski definition) is 4. The van der Waals surface area contributed by atoms with Crippen LogP contribution in [0.15, 0.2) is 67.0 Å². The van der Waals surface area contributed by atoms with Crippen molar-refractivity contribution in [1.29, 1.82) is 0 Å². The molecule has 0 bridgehead atoms. The zero-order valence-corrected chi connectivity index (χ0v) is 15.9. The van der Waals surface area contributed by atoms with E-state index in [1.807, 2.05) is 42.5 Å². The second kappa shape index (κ2) is 7.75. The first-order valence-corrected chi connectivity index (χ1v) is 9.38. The first-order chi connectivity index (χ1) is 14.0. The number of pyridine rings is 1. The molecule has 0 spiro atoms. The normalized spacial score (nSPS) is 14.7. The van der Waals surface area contributed by atoms with Crippen LogP contribution in [0.4, 0.5) is 0 Å². The van der Waals surface area contributed by atoms with Crippen molar-refractivity contribution >= 4 is 11.7 Å². The third-order valence-electron chi connectivity index (χ3n) is 4.95. The number of carbonyl (C=O) groups excluding carboxylic acids is 2. The lowest BCUT2D eigenvalue weighted by Gasteiger charge is -2.11. The fraction of sp³-hybridized carbons (Fsp3) is 0.174. The molecule has 3 aromatic rings. The van der Waals surface area contributed by atoms with E-state index in [0.717, 1.165) is 22.4 Å². The maximum absolute atomic E-state index is 12.2. The zero-order chi connectivity index (χ0) is 20.4. The molecule has 1 amide bonds. The van der Waals surface area contributed by atoms with Crippen LogP contribution in [0.1, 0.15) is 33.2 Å². The molecule has 1 N–H and O–H groups in total. The minimum absolute atomic E-state index is 0.0262. The number of Topliss-reactive ketones (excluding diaryl/α,β-unsaturated/α-hetero) is 1. The molecular formula is C23H20N2O4. The Morgan fingerprint density at radius 1 is 1.17 bits per heavy atom. The summed E-state index contributed by atoms with van der Waals surface area (Å²) in [6.07, 6.45) is 3.03. The molecule has 6 nitrogen and oxygen atoms in total. The van der Waals surface area contributed by atoms with Crippen LogP contribution in [0.2, 0.25) is 0 Å². The molecule has 0 fully saturated rings. The second-order valence-electron chi connectivity index (χ2n) is 7.03. The Kier molecular flexibility index (Phi) is 4.99. The molecule has 2 heterocycles. The SMILES string of the molecule is CC(=O)c1ccccc1-c1ccc2c(c1)C[C@@H](CNC(=O)c1ccc[n+]([O-])c1)O2. The highest BCUT2D eigenvalue weighted by molar-refractivity contribution is 6.00. The van der Waals surface area contributed by atoms with E-state index >= 15 is 0 Å². The Hall–Kier alpha value is -3.67. The van der Waals surface area contributed by atoms with Crippen molar-refractivity contribution in [2.45, 2.75) is 19.4 Å². The summed E-state index contributed by atoms with van der Waals surface area (Å²) in [7, 11) is 0. The number of aromatic nitrogens is 1. The van der Waals surface area contributed by atoms with Gasteiger partial charge in [0.2, 0.25) is 0 Å². The van der Waals surface area contributed by atoms with Crippen LogP contribution < -0.4 is 14.8 Å². The average Bonchev–Trinajstić information content (AvgIpc) is 3.14. The number of benzene rings is 2. The summed E-state index contributed by atoms with van der Waals surface area (Å²) in [6.45, 7) is 1.90. The fourth-order valence-electron chi connectivity index (χ4n) is 3.54. The van der Waals surface area contributed by atoms with Crippen LogP contribution in [0, 0.1) is 5.21 Å². The molecule has 1 aromatic heterocycles. The monoisotopic (exact) mass is 388 g/mol. The molecule has 1 atom stereocenters. The molecule has 6 heteroatoms. The molecule has 146 valence electrons. The molecule has 29 heavy (non-hydrogen) atoms. The highest BCUT2D eigenvalue weighted by atomic mass is 16.5. The van der Waals surface area contributed by atoms with Crippen molar-refractivity contribution in [1.82, 2.24) is 5.32 Å². The first-order valence-electron chi connectivity index (χ1n) is 9.38. The number of carbonyl (C=O) groups is 2. The van der Waals surface area contributed by atoms with Gasteiger partial charge in [0.15, 0.2) is 18.2 Å². The van der Waals surface area contributed by atoms with Crippen LogP contribution in [0.3, 0.4) is 0 Å².